The van der Waals surface area contributed by atoms with E-state index in [0.717, 1.165) is 0 Å². The summed E-state index contributed by atoms with van der Waals surface area (Å²) in [5, 5.41) is 20.1. The Labute approximate surface area is 121 Å². The molecule has 0 saturated carbocycles. The number of nitrogens with one attached hydrogen (secondary N) is 1. The van der Waals surface area contributed by atoms with E-state index in [1.807, 2.05) is 0 Å². The van der Waals surface area contributed by atoms with Crippen LogP contribution in [-0.2, 0) is 0 Å². The highest BCUT2D eigenvalue weighted by atomic mass is 19.2. The first-order chi connectivity index (χ1) is 10.3. The molecule has 114 valence electrons. The second-order valence-corrected chi connectivity index (χ2v) is 4.17. The van der Waals surface area contributed by atoms with Crippen LogP contribution in [0.1, 0.15) is 20.7 Å². The van der Waals surface area contributed by atoms with Crippen LogP contribution in [-0.4, -0.2) is 22.1 Å². The highest BCUT2D eigenvalue weighted by Crippen LogP contribution is 2.30. The van der Waals surface area contributed by atoms with Crippen LogP contribution in [0.4, 0.5) is 18.9 Å². The van der Waals surface area contributed by atoms with Gasteiger partial charge in [-0.25, -0.2) is 13.6 Å². The molecule has 8 heteroatoms. The van der Waals surface area contributed by atoms with Crippen molar-refractivity contribution in [3.05, 3.63) is 58.9 Å². The maximum absolute atomic E-state index is 13.8. The molecule has 2 aromatic carbocycles. The molecular formula is C14H8F3NO4. The van der Waals surface area contributed by atoms with Crippen molar-refractivity contribution in [1.29, 1.82) is 0 Å². The Morgan fingerprint density at radius 3 is 2.05 bits per heavy atom. The summed E-state index contributed by atoms with van der Waals surface area (Å²) in [6.07, 6.45) is 0. The number of carboxylic acid groups (broad SMARTS) is 1. The van der Waals surface area contributed by atoms with Gasteiger partial charge in [-0.05, 0) is 12.1 Å². The van der Waals surface area contributed by atoms with E-state index in [1.165, 1.54) is 24.3 Å². The van der Waals surface area contributed by atoms with Gasteiger partial charge in [-0.1, -0.05) is 18.2 Å². The van der Waals surface area contributed by atoms with Gasteiger partial charge in [-0.2, -0.15) is 4.39 Å². The molecule has 0 radical (unpaired) electrons. The number of hydrogen-bond donors (Lipinski definition) is 3. The molecule has 0 bridgehead atoms. The van der Waals surface area contributed by atoms with Crippen molar-refractivity contribution in [3.63, 3.8) is 0 Å². The molecule has 22 heavy (non-hydrogen) atoms. The molecule has 0 spiro atoms. The van der Waals surface area contributed by atoms with Gasteiger partial charge in [0.1, 0.15) is 5.56 Å². The van der Waals surface area contributed by atoms with Crippen molar-refractivity contribution in [2.75, 3.05) is 5.32 Å². The number of halogens is 3. The molecule has 0 aromatic heterocycles. The Bertz CT molecular complexity index is 763. The van der Waals surface area contributed by atoms with Crippen LogP contribution in [0.3, 0.4) is 0 Å². The topological polar surface area (TPSA) is 86.6 Å². The third kappa shape index (κ3) is 2.58. The molecule has 0 heterocycles. The van der Waals surface area contributed by atoms with Gasteiger partial charge in [-0.3, -0.25) is 4.79 Å². The number of amides is 1. The Kier molecular flexibility index (Phi) is 4.02. The van der Waals surface area contributed by atoms with Crippen molar-refractivity contribution < 1.29 is 33.0 Å². The second-order valence-electron chi connectivity index (χ2n) is 4.17. The van der Waals surface area contributed by atoms with Gasteiger partial charge in [0.15, 0.2) is 17.4 Å². The number of anilines is 1. The van der Waals surface area contributed by atoms with Crippen molar-refractivity contribution in [3.8, 4) is 5.75 Å². The smallest absolute Gasteiger partial charge is 0.339 e. The number of benzene rings is 2. The SMILES string of the molecule is O=C(Nc1ccccc1)c1c(F)c(O)c(F)c(F)c1C(=O)O. The summed E-state index contributed by atoms with van der Waals surface area (Å²) in [4.78, 5) is 22.9. The fourth-order valence-electron chi connectivity index (χ4n) is 1.78. The lowest BCUT2D eigenvalue weighted by molar-refractivity contribution is 0.0684. The molecule has 2 rings (SSSR count). The number of phenols is 1. The fourth-order valence-corrected chi connectivity index (χ4v) is 1.78. The highest BCUT2D eigenvalue weighted by Gasteiger charge is 2.32. The first kappa shape index (κ1) is 15.4. The maximum atomic E-state index is 13.8. The lowest BCUT2D eigenvalue weighted by Crippen LogP contribution is -2.21. The molecule has 3 N–H and O–H groups in total. The zero-order chi connectivity index (χ0) is 16.4. The zero-order valence-electron chi connectivity index (χ0n) is 10.7. The first-order valence-corrected chi connectivity index (χ1v) is 5.83. The van der Waals surface area contributed by atoms with E-state index in [-0.39, 0.29) is 5.69 Å². The van der Waals surface area contributed by atoms with Crippen LogP contribution in [0.5, 0.6) is 5.75 Å². The number of phenolic OH excluding ortho intramolecular Hbond substituents is 1. The number of para-hydroxylation sites is 1. The van der Waals surface area contributed by atoms with E-state index in [4.69, 9.17) is 10.2 Å². The molecule has 0 fully saturated rings. The maximum Gasteiger partial charge on any atom is 0.339 e. The number of carboxylic acids is 1. The van der Waals surface area contributed by atoms with Gasteiger partial charge in [0.25, 0.3) is 5.91 Å². The summed E-state index contributed by atoms with van der Waals surface area (Å²) in [6, 6.07) is 7.52. The number of aromatic hydroxyl groups is 1. The van der Waals surface area contributed by atoms with Crippen LogP contribution < -0.4 is 5.32 Å². The summed E-state index contributed by atoms with van der Waals surface area (Å²) in [5.74, 6) is -11.1. The van der Waals surface area contributed by atoms with Crippen LogP contribution in [0.2, 0.25) is 0 Å². The van der Waals surface area contributed by atoms with Gasteiger partial charge in [-0.15, -0.1) is 0 Å². The molecule has 0 saturated heterocycles. The molecular weight excluding hydrogens is 303 g/mol. The predicted octanol–water partition coefficient (Wildman–Crippen LogP) is 2.76. The number of rotatable bonds is 3. The van der Waals surface area contributed by atoms with Crippen LogP contribution in [0.25, 0.3) is 0 Å². The highest BCUT2D eigenvalue weighted by molar-refractivity contribution is 6.11. The molecule has 0 aliphatic rings. The molecule has 1 amide bonds. The number of aromatic carboxylic acids is 1. The lowest BCUT2D eigenvalue weighted by atomic mass is 10.0. The minimum Gasteiger partial charge on any atom is -0.503 e. The Balaban J connectivity index is 2.59. The largest absolute Gasteiger partial charge is 0.503 e. The molecule has 0 aliphatic heterocycles. The molecule has 2 aromatic rings. The quantitative estimate of drug-likeness (QED) is 0.761. The van der Waals surface area contributed by atoms with Crippen molar-refractivity contribution >= 4 is 17.6 Å². The first-order valence-electron chi connectivity index (χ1n) is 5.83. The summed E-state index contributed by atoms with van der Waals surface area (Å²) in [5.41, 5.74) is -2.62. The predicted molar refractivity (Wildman–Crippen MR) is 69.3 cm³/mol. The van der Waals surface area contributed by atoms with Gasteiger partial charge < -0.3 is 15.5 Å². The second kappa shape index (κ2) is 5.76. The molecule has 0 aliphatic carbocycles. The summed E-state index contributed by atoms with van der Waals surface area (Å²) >= 11 is 0. The Hall–Kier alpha value is -3.03. The van der Waals surface area contributed by atoms with Gasteiger partial charge in [0.05, 0.1) is 5.56 Å². The van der Waals surface area contributed by atoms with E-state index < -0.39 is 46.2 Å². The van der Waals surface area contributed by atoms with E-state index in [1.54, 1.807) is 6.07 Å². The van der Waals surface area contributed by atoms with Crippen LogP contribution in [0, 0.1) is 17.5 Å². The van der Waals surface area contributed by atoms with Gasteiger partial charge >= 0.3 is 5.97 Å². The standard InChI is InChI=1S/C14H8F3NO4/c15-9-8(14(21)22)7(10(16)12(19)11(9)17)13(20)18-6-4-2-1-3-5-6/h1-5,19H,(H,18,20)(H,21,22). The van der Waals surface area contributed by atoms with Crippen LogP contribution in [0.15, 0.2) is 30.3 Å². The van der Waals surface area contributed by atoms with Crippen molar-refractivity contribution in [2.24, 2.45) is 0 Å². The van der Waals surface area contributed by atoms with Crippen LogP contribution >= 0.6 is 0 Å². The summed E-state index contributed by atoms with van der Waals surface area (Å²) < 4.78 is 40.6. The Morgan fingerprint density at radius 1 is 0.909 bits per heavy atom. The summed E-state index contributed by atoms with van der Waals surface area (Å²) in [6.45, 7) is 0. The lowest BCUT2D eigenvalue weighted by Gasteiger charge is -2.11. The minimum atomic E-state index is -2.08. The minimum absolute atomic E-state index is 0.174. The molecule has 0 unspecified atom stereocenters. The van der Waals surface area contributed by atoms with Crippen molar-refractivity contribution in [2.45, 2.75) is 0 Å². The monoisotopic (exact) mass is 311 g/mol. The van der Waals surface area contributed by atoms with Crippen molar-refractivity contribution in [1.82, 2.24) is 0 Å². The van der Waals surface area contributed by atoms with E-state index in [2.05, 4.69) is 5.32 Å². The van der Waals surface area contributed by atoms with Gasteiger partial charge in [0.2, 0.25) is 5.82 Å². The third-order valence-corrected chi connectivity index (χ3v) is 2.77. The average Bonchev–Trinajstić information content (AvgIpc) is 2.49. The number of hydrogen-bond acceptors (Lipinski definition) is 3. The van der Waals surface area contributed by atoms with Gasteiger partial charge in [0, 0.05) is 5.69 Å². The fraction of sp³-hybridized carbons (Fsp3) is 0. The van der Waals surface area contributed by atoms with E-state index in [9.17, 15) is 22.8 Å². The third-order valence-electron chi connectivity index (χ3n) is 2.77. The van der Waals surface area contributed by atoms with E-state index in [0.29, 0.717) is 0 Å². The summed E-state index contributed by atoms with van der Waals surface area (Å²) in [7, 11) is 0. The average molecular weight is 311 g/mol. The number of carbonyl (C=O) groups excluding carboxylic acids is 1. The normalized spacial score (nSPS) is 10.3. The Morgan fingerprint density at radius 2 is 1.50 bits per heavy atom. The molecule has 0 atom stereocenters. The molecule has 5 nitrogen and oxygen atoms in total. The zero-order valence-corrected chi connectivity index (χ0v) is 10.7. The number of carbonyl (C=O) groups is 2. The van der Waals surface area contributed by atoms with E-state index >= 15 is 0 Å².